The fourth-order valence-corrected chi connectivity index (χ4v) is 4.35. The second-order valence-corrected chi connectivity index (χ2v) is 8.94. The van der Waals surface area contributed by atoms with Crippen LogP contribution in [0.4, 0.5) is 5.69 Å². The fraction of sp³-hybridized carbons (Fsp3) is 0.273. The summed E-state index contributed by atoms with van der Waals surface area (Å²) in [6, 6.07) is 14.3. The summed E-state index contributed by atoms with van der Waals surface area (Å²) in [4.78, 5) is 25.8. The molecule has 0 radical (unpaired) electrons. The van der Waals surface area contributed by atoms with Crippen molar-refractivity contribution in [2.45, 2.75) is 30.3 Å². The first kappa shape index (κ1) is 22.3. The average molecular weight is 472 g/mol. The first-order chi connectivity index (χ1) is 15.5. The Morgan fingerprint density at radius 3 is 2.69 bits per heavy atom. The van der Waals surface area contributed by atoms with Gasteiger partial charge in [0.05, 0.1) is 16.2 Å². The summed E-state index contributed by atoms with van der Waals surface area (Å²) in [7, 11) is 1.63. The molecule has 166 valence electrons. The number of anilines is 1. The molecule has 8 nitrogen and oxygen atoms in total. The summed E-state index contributed by atoms with van der Waals surface area (Å²) in [6.45, 7) is 2.78. The molecule has 0 saturated carbocycles. The Balaban J connectivity index is 1.67. The van der Waals surface area contributed by atoms with E-state index >= 15 is 0 Å². The van der Waals surface area contributed by atoms with E-state index in [2.05, 4.69) is 15.5 Å². The Hall–Kier alpha value is -2.88. The summed E-state index contributed by atoms with van der Waals surface area (Å²) >= 11 is 7.19. The molecule has 2 heterocycles. The highest BCUT2D eigenvalue weighted by Crippen LogP contribution is 2.26. The summed E-state index contributed by atoms with van der Waals surface area (Å²) in [5, 5.41) is 12.7. The van der Waals surface area contributed by atoms with Crippen LogP contribution in [0.2, 0.25) is 5.02 Å². The number of ether oxygens (including phenoxy) is 1. The number of fused-ring (bicyclic) bond motifs is 3. The van der Waals surface area contributed by atoms with E-state index in [-0.39, 0.29) is 11.5 Å². The van der Waals surface area contributed by atoms with Gasteiger partial charge in [0.1, 0.15) is 0 Å². The molecule has 0 aliphatic heterocycles. The Bertz CT molecular complexity index is 1320. The highest BCUT2D eigenvalue weighted by molar-refractivity contribution is 8.00. The molecule has 32 heavy (non-hydrogen) atoms. The van der Waals surface area contributed by atoms with Gasteiger partial charge in [0.25, 0.3) is 5.56 Å². The second kappa shape index (κ2) is 9.72. The molecule has 2 aromatic heterocycles. The second-order valence-electron chi connectivity index (χ2n) is 7.19. The van der Waals surface area contributed by atoms with Gasteiger partial charge in [0.15, 0.2) is 5.16 Å². The number of hydrogen-bond donors (Lipinski definition) is 1. The van der Waals surface area contributed by atoms with E-state index in [0.29, 0.717) is 52.1 Å². The number of thioether (sulfide) groups is 1. The molecule has 10 heteroatoms. The zero-order valence-electron chi connectivity index (χ0n) is 17.6. The maximum Gasteiger partial charge on any atom is 0.262 e. The van der Waals surface area contributed by atoms with E-state index in [0.717, 1.165) is 0 Å². The lowest BCUT2D eigenvalue weighted by atomic mass is 10.2. The minimum atomic E-state index is -0.453. The first-order valence-corrected chi connectivity index (χ1v) is 11.3. The van der Waals surface area contributed by atoms with Crippen LogP contribution >= 0.6 is 23.4 Å². The fourth-order valence-electron chi connectivity index (χ4n) is 3.37. The van der Waals surface area contributed by atoms with Crippen LogP contribution in [0, 0.1) is 0 Å². The van der Waals surface area contributed by atoms with Crippen molar-refractivity contribution in [3.63, 3.8) is 0 Å². The van der Waals surface area contributed by atoms with E-state index in [9.17, 15) is 9.59 Å². The largest absolute Gasteiger partial charge is 0.385 e. The third-order valence-electron chi connectivity index (χ3n) is 4.97. The molecule has 0 saturated heterocycles. The van der Waals surface area contributed by atoms with E-state index < -0.39 is 5.25 Å². The predicted octanol–water partition coefficient (Wildman–Crippen LogP) is 3.85. The Morgan fingerprint density at radius 1 is 1.19 bits per heavy atom. The van der Waals surface area contributed by atoms with E-state index in [4.69, 9.17) is 16.3 Å². The van der Waals surface area contributed by atoms with Crippen molar-refractivity contribution in [1.29, 1.82) is 0 Å². The third kappa shape index (κ3) is 4.50. The van der Waals surface area contributed by atoms with Crippen LogP contribution in [0.15, 0.2) is 58.5 Å². The van der Waals surface area contributed by atoms with Crippen molar-refractivity contribution in [3.05, 3.63) is 63.9 Å². The van der Waals surface area contributed by atoms with Crippen LogP contribution in [0.5, 0.6) is 0 Å². The van der Waals surface area contributed by atoms with E-state index in [1.165, 1.54) is 11.8 Å². The van der Waals surface area contributed by atoms with Gasteiger partial charge in [0.2, 0.25) is 11.7 Å². The lowest BCUT2D eigenvalue weighted by molar-refractivity contribution is -0.115. The minimum absolute atomic E-state index is 0.123. The van der Waals surface area contributed by atoms with Gasteiger partial charge in [-0.2, -0.15) is 0 Å². The molecule has 1 unspecified atom stereocenters. The molecule has 1 amide bonds. The molecule has 0 aliphatic rings. The van der Waals surface area contributed by atoms with Crippen LogP contribution in [-0.2, 0) is 16.1 Å². The van der Waals surface area contributed by atoms with Gasteiger partial charge in [-0.25, -0.2) is 0 Å². The number of nitrogens with zero attached hydrogens (tertiary/aromatic N) is 4. The summed E-state index contributed by atoms with van der Waals surface area (Å²) in [5.41, 5.74) is 1.24. The number of halogens is 1. The molecule has 4 aromatic rings. The van der Waals surface area contributed by atoms with Crippen LogP contribution in [0.1, 0.15) is 13.3 Å². The quantitative estimate of drug-likeness (QED) is 0.310. The number of amides is 1. The number of carbonyl (C=O) groups excluding carboxylic acids is 1. The normalized spacial score (nSPS) is 12.3. The van der Waals surface area contributed by atoms with Gasteiger partial charge in [0, 0.05) is 31.0 Å². The number of benzene rings is 2. The molecule has 0 bridgehead atoms. The van der Waals surface area contributed by atoms with Crippen LogP contribution < -0.4 is 10.9 Å². The molecule has 1 atom stereocenters. The van der Waals surface area contributed by atoms with Crippen molar-refractivity contribution < 1.29 is 9.53 Å². The van der Waals surface area contributed by atoms with Gasteiger partial charge in [-0.3, -0.25) is 18.6 Å². The van der Waals surface area contributed by atoms with Gasteiger partial charge in [-0.05, 0) is 49.7 Å². The number of aryl methyl sites for hydroxylation is 1. The molecule has 1 N–H and O–H groups in total. The molecule has 0 fully saturated rings. The minimum Gasteiger partial charge on any atom is -0.385 e. The number of nitrogens with one attached hydrogen (secondary N) is 1. The SMILES string of the molecule is COCCCn1c(=O)c2ccccc2n2c(SC(C)C(=O)Nc3ccc(Cl)cc3)nnc12. The Kier molecular flexibility index (Phi) is 6.78. The monoisotopic (exact) mass is 471 g/mol. The van der Waals surface area contributed by atoms with Crippen LogP contribution in [0.3, 0.4) is 0 Å². The number of hydrogen-bond acceptors (Lipinski definition) is 6. The van der Waals surface area contributed by atoms with Crippen LogP contribution in [-0.4, -0.2) is 44.0 Å². The Labute approximate surface area is 193 Å². The van der Waals surface area contributed by atoms with Gasteiger partial charge < -0.3 is 10.1 Å². The van der Waals surface area contributed by atoms with Gasteiger partial charge in [-0.15, -0.1) is 10.2 Å². The zero-order chi connectivity index (χ0) is 22.7. The number of rotatable bonds is 8. The van der Waals surface area contributed by atoms with Crippen molar-refractivity contribution >= 4 is 51.6 Å². The molecule has 2 aromatic carbocycles. The summed E-state index contributed by atoms with van der Waals surface area (Å²) < 4.78 is 8.57. The molecule has 0 spiro atoms. The smallest absolute Gasteiger partial charge is 0.262 e. The summed E-state index contributed by atoms with van der Waals surface area (Å²) in [5.74, 6) is 0.268. The third-order valence-corrected chi connectivity index (χ3v) is 6.27. The Morgan fingerprint density at radius 2 is 1.94 bits per heavy atom. The molecular formula is C22H22ClN5O3S. The predicted molar refractivity (Wildman–Crippen MR) is 127 cm³/mol. The van der Waals surface area contributed by atoms with Crippen molar-refractivity contribution in [2.24, 2.45) is 0 Å². The number of para-hydroxylation sites is 1. The maximum atomic E-state index is 13.1. The zero-order valence-corrected chi connectivity index (χ0v) is 19.2. The van der Waals surface area contributed by atoms with E-state index in [1.54, 1.807) is 48.9 Å². The molecular weight excluding hydrogens is 450 g/mol. The van der Waals surface area contributed by atoms with Crippen molar-refractivity contribution in [2.75, 3.05) is 19.0 Å². The number of carbonyl (C=O) groups is 1. The summed E-state index contributed by atoms with van der Waals surface area (Å²) in [6.07, 6.45) is 0.666. The number of aromatic nitrogens is 4. The standard InChI is InChI=1S/C22H22ClN5O3S/c1-14(19(29)24-16-10-8-15(23)9-11-16)32-22-26-25-21-27(12-5-13-31-2)20(30)17-6-3-4-7-18(17)28(21)22/h3-4,6-11,14H,5,12-13H2,1-2H3,(H,24,29). The van der Waals surface area contributed by atoms with Crippen molar-refractivity contribution in [3.8, 4) is 0 Å². The average Bonchev–Trinajstić information content (AvgIpc) is 3.21. The lowest BCUT2D eigenvalue weighted by Gasteiger charge is -2.13. The topological polar surface area (TPSA) is 90.5 Å². The van der Waals surface area contributed by atoms with E-state index in [1.807, 2.05) is 22.6 Å². The number of methoxy groups -OCH3 is 1. The molecule has 0 aliphatic carbocycles. The molecule has 4 rings (SSSR count). The highest BCUT2D eigenvalue weighted by Gasteiger charge is 2.21. The lowest BCUT2D eigenvalue weighted by Crippen LogP contribution is -2.24. The van der Waals surface area contributed by atoms with Gasteiger partial charge >= 0.3 is 0 Å². The first-order valence-electron chi connectivity index (χ1n) is 10.1. The van der Waals surface area contributed by atoms with Gasteiger partial charge in [-0.1, -0.05) is 35.5 Å². The van der Waals surface area contributed by atoms with Crippen LogP contribution in [0.25, 0.3) is 16.7 Å². The maximum absolute atomic E-state index is 13.1. The highest BCUT2D eigenvalue weighted by atomic mass is 35.5. The van der Waals surface area contributed by atoms with Crippen molar-refractivity contribution in [1.82, 2.24) is 19.2 Å².